The summed E-state index contributed by atoms with van der Waals surface area (Å²) in [5.74, 6) is 0. The number of aliphatic hydroxyl groups excluding tert-OH is 2. The van der Waals surface area contributed by atoms with Gasteiger partial charge in [0.2, 0.25) is 0 Å². The van der Waals surface area contributed by atoms with Crippen molar-refractivity contribution in [2.75, 3.05) is 6.61 Å². The van der Waals surface area contributed by atoms with Crippen LogP contribution in [0.3, 0.4) is 0 Å². The maximum atomic E-state index is 10.6. The number of hydrogen-bond donors (Lipinski definition) is 4. The summed E-state index contributed by atoms with van der Waals surface area (Å²) in [4.78, 5) is 0. The highest BCUT2D eigenvalue weighted by molar-refractivity contribution is 7.86. The van der Waals surface area contributed by atoms with E-state index >= 15 is 0 Å². The van der Waals surface area contributed by atoms with Gasteiger partial charge in [-0.05, 0) is 26.2 Å². The molecule has 0 saturated carbocycles. The van der Waals surface area contributed by atoms with Crippen molar-refractivity contribution < 1.29 is 36.2 Å². The van der Waals surface area contributed by atoms with Crippen LogP contribution in [-0.4, -0.2) is 59.4 Å². The van der Waals surface area contributed by atoms with E-state index in [1.54, 1.807) is 6.92 Å². The molecular formula is C12H28O8S2. The van der Waals surface area contributed by atoms with Crippen molar-refractivity contribution in [1.82, 2.24) is 0 Å². The summed E-state index contributed by atoms with van der Waals surface area (Å²) in [6, 6.07) is 0. The molecule has 136 valence electrons. The Morgan fingerprint density at radius 1 is 0.864 bits per heavy atom. The van der Waals surface area contributed by atoms with Crippen molar-refractivity contribution in [3.63, 3.8) is 0 Å². The third kappa shape index (κ3) is 11.3. The van der Waals surface area contributed by atoms with Gasteiger partial charge in [0.05, 0.1) is 11.4 Å². The van der Waals surface area contributed by atoms with Crippen LogP contribution in [0.1, 0.15) is 52.9 Å². The van der Waals surface area contributed by atoms with Gasteiger partial charge in [-0.1, -0.05) is 26.7 Å². The third-order valence-electron chi connectivity index (χ3n) is 2.98. The van der Waals surface area contributed by atoms with E-state index < -0.39 is 36.8 Å². The SMILES string of the molecule is CCCC(C(C)O)S(=O)(=O)O.CCCC(CCO)S(=O)(=O)O. The lowest BCUT2D eigenvalue weighted by Gasteiger charge is -2.14. The van der Waals surface area contributed by atoms with Crippen molar-refractivity contribution in [2.45, 2.75) is 69.5 Å². The fourth-order valence-electron chi connectivity index (χ4n) is 1.83. The normalized spacial score (nSPS) is 16.3. The van der Waals surface area contributed by atoms with Gasteiger partial charge in [-0.25, -0.2) is 0 Å². The van der Waals surface area contributed by atoms with E-state index in [0.717, 1.165) is 0 Å². The molecule has 0 fully saturated rings. The van der Waals surface area contributed by atoms with Crippen molar-refractivity contribution in [3.05, 3.63) is 0 Å². The monoisotopic (exact) mass is 364 g/mol. The quantitative estimate of drug-likeness (QED) is 0.440. The minimum Gasteiger partial charge on any atom is -0.396 e. The molecule has 4 N–H and O–H groups in total. The minimum atomic E-state index is -4.08. The molecule has 0 bridgehead atoms. The lowest BCUT2D eigenvalue weighted by Crippen LogP contribution is -2.31. The average Bonchev–Trinajstić information content (AvgIpc) is 2.33. The zero-order chi connectivity index (χ0) is 18.0. The Kier molecular flexibility index (Phi) is 12.3. The van der Waals surface area contributed by atoms with E-state index in [4.69, 9.17) is 19.3 Å². The highest BCUT2D eigenvalue weighted by Crippen LogP contribution is 2.11. The summed E-state index contributed by atoms with van der Waals surface area (Å²) >= 11 is 0. The van der Waals surface area contributed by atoms with Crippen LogP contribution in [0.15, 0.2) is 0 Å². The summed E-state index contributed by atoms with van der Waals surface area (Å²) in [5, 5.41) is 15.6. The second-order valence-electron chi connectivity index (χ2n) is 5.02. The van der Waals surface area contributed by atoms with Gasteiger partial charge in [0.15, 0.2) is 0 Å². The topological polar surface area (TPSA) is 149 Å². The van der Waals surface area contributed by atoms with E-state index in [9.17, 15) is 16.8 Å². The molecule has 0 spiro atoms. The first-order chi connectivity index (χ1) is 9.91. The number of rotatable bonds is 9. The zero-order valence-corrected chi connectivity index (χ0v) is 14.8. The molecule has 22 heavy (non-hydrogen) atoms. The molecule has 0 aromatic heterocycles. The van der Waals surface area contributed by atoms with E-state index in [-0.39, 0.29) is 19.4 Å². The Morgan fingerprint density at radius 2 is 1.32 bits per heavy atom. The van der Waals surface area contributed by atoms with Gasteiger partial charge in [0.25, 0.3) is 20.2 Å². The lowest BCUT2D eigenvalue weighted by atomic mass is 10.2. The maximum absolute atomic E-state index is 10.6. The van der Waals surface area contributed by atoms with Crippen LogP contribution in [0.4, 0.5) is 0 Å². The van der Waals surface area contributed by atoms with Gasteiger partial charge in [-0.2, -0.15) is 16.8 Å². The lowest BCUT2D eigenvalue weighted by molar-refractivity contribution is 0.179. The van der Waals surface area contributed by atoms with Crippen LogP contribution in [0.25, 0.3) is 0 Å². The molecule has 0 aliphatic rings. The Balaban J connectivity index is 0. The van der Waals surface area contributed by atoms with Crippen molar-refractivity contribution >= 4 is 20.2 Å². The summed E-state index contributed by atoms with van der Waals surface area (Å²) in [7, 11) is -8.03. The molecule has 10 heteroatoms. The standard InChI is InChI=1S/2C6H14O4S/c1-3-4-6(5(2)7)11(8,9)10;1-2-3-6(4-5-7)11(8,9)10/h5-7H,3-4H2,1-2H3,(H,8,9,10);6-7H,2-5H2,1H3,(H,8,9,10). The number of aliphatic hydroxyl groups is 2. The van der Waals surface area contributed by atoms with Crippen molar-refractivity contribution in [1.29, 1.82) is 0 Å². The summed E-state index contributed by atoms with van der Waals surface area (Å²) in [5.41, 5.74) is 0. The van der Waals surface area contributed by atoms with Crippen LogP contribution < -0.4 is 0 Å². The predicted octanol–water partition coefficient (Wildman–Crippen LogP) is 0.849. The molecular weight excluding hydrogens is 336 g/mol. The first kappa shape index (κ1) is 24.0. The number of hydrogen-bond acceptors (Lipinski definition) is 6. The van der Waals surface area contributed by atoms with Gasteiger partial charge in [0.1, 0.15) is 5.25 Å². The smallest absolute Gasteiger partial charge is 0.270 e. The second kappa shape index (κ2) is 11.3. The molecule has 3 unspecified atom stereocenters. The van der Waals surface area contributed by atoms with E-state index in [0.29, 0.717) is 19.3 Å². The highest BCUT2D eigenvalue weighted by Gasteiger charge is 2.26. The fraction of sp³-hybridized carbons (Fsp3) is 1.00. The Bertz CT molecular complexity index is 463. The molecule has 0 amide bonds. The fourth-order valence-corrected chi connectivity index (χ4v) is 3.80. The van der Waals surface area contributed by atoms with E-state index in [1.807, 2.05) is 6.92 Å². The first-order valence-electron chi connectivity index (χ1n) is 7.13. The van der Waals surface area contributed by atoms with Gasteiger partial charge in [-0.3, -0.25) is 9.11 Å². The molecule has 0 saturated heterocycles. The Labute approximate surface area is 133 Å². The second-order valence-corrected chi connectivity index (χ2v) is 8.35. The average molecular weight is 364 g/mol. The van der Waals surface area contributed by atoms with Gasteiger partial charge in [-0.15, -0.1) is 0 Å². The largest absolute Gasteiger partial charge is 0.396 e. The molecule has 0 aliphatic carbocycles. The van der Waals surface area contributed by atoms with Gasteiger partial charge in [0, 0.05) is 6.61 Å². The molecule has 8 nitrogen and oxygen atoms in total. The summed E-state index contributed by atoms with van der Waals surface area (Å²) < 4.78 is 59.4. The van der Waals surface area contributed by atoms with Gasteiger partial charge < -0.3 is 10.2 Å². The summed E-state index contributed by atoms with van der Waals surface area (Å²) in [6.07, 6.45) is 1.10. The van der Waals surface area contributed by atoms with Crippen molar-refractivity contribution in [2.24, 2.45) is 0 Å². The van der Waals surface area contributed by atoms with Crippen LogP contribution in [-0.2, 0) is 20.2 Å². The molecule has 0 heterocycles. The minimum absolute atomic E-state index is 0.118. The molecule has 0 aromatic carbocycles. The maximum Gasteiger partial charge on any atom is 0.270 e. The molecule has 0 radical (unpaired) electrons. The van der Waals surface area contributed by atoms with Crippen LogP contribution in [0, 0.1) is 0 Å². The zero-order valence-electron chi connectivity index (χ0n) is 13.2. The summed E-state index contributed by atoms with van der Waals surface area (Å²) in [6.45, 7) is 4.77. The Hall–Kier alpha value is -0.260. The predicted molar refractivity (Wildman–Crippen MR) is 83.9 cm³/mol. The van der Waals surface area contributed by atoms with Crippen LogP contribution in [0.5, 0.6) is 0 Å². The van der Waals surface area contributed by atoms with Crippen LogP contribution in [0.2, 0.25) is 0 Å². The first-order valence-corrected chi connectivity index (χ1v) is 10.1. The molecule has 0 rings (SSSR count). The highest BCUT2D eigenvalue weighted by atomic mass is 32.2. The molecule has 0 aliphatic heterocycles. The van der Waals surface area contributed by atoms with Crippen molar-refractivity contribution in [3.8, 4) is 0 Å². The van der Waals surface area contributed by atoms with E-state index in [1.165, 1.54) is 6.92 Å². The molecule has 3 atom stereocenters. The van der Waals surface area contributed by atoms with Gasteiger partial charge >= 0.3 is 0 Å². The van der Waals surface area contributed by atoms with Crippen LogP contribution >= 0.6 is 0 Å². The van der Waals surface area contributed by atoms with E-state index in [2.05, 4.69) is 0 Å². The Morgan fingerprint density at radius 3 is 1.50 bits per heavy atom. The molecule has 0 aromatic rings. The third-order valence-corrected chi connectivity index (χ3v) is 5.69.